The Morgan fingerprint density at radius 3 is 2.50 bits per heavy atom. The molecule has 1 aromatic heterocycles. The number of carbonyl (C=O) groups is 2. The molecule has 2 amide bonds. The average Bonchev–Trinajstić information content (AvgIpc) is 3.31. The maximum Gasteiger partial charge on any atom is 0.228 e. The third-order valence-corrected chi connectivity index (χ3v) is 6.12. The molecule has 1 saturated carbocycles. The monoisotopic (exact) mass is 376 g/mol. The number of likely N-dealkylation sites (tertiary alicyclic amines) is 1. The Hall–Kier alpha value is -1.82. The minimum Gasteiger partial charge on any atom is -0.353 e. The molecule has 1 aliphatic carbocycles. The van der Waals surface area contributed by atoms with Crippen molar-refractivity contribution < 1.29 is 9.59 Å². The lowest BCUT2D eigenvalue weighted by atomic mass is 10.1. The van der Waals surface area contributed by atoms with Crippen molar-refractivity contribution in [2.45, 2.75) is 38.1 Å². The first kappa shape index (κ1) is 17.6. The van der Waals surface area contributed by atoms with Crippen molar-refractivity contribution in [2.24, 2.45) is 5.92 Å². The number of rotatable bonds is 3. The van der Waals surface area contributed by atoms with Crippen LogP contribution in [0.5, 0.6) is 0 Å². The summed E-state index contributed by atoms with van der Waals surface area (Å²) in [6.45, 7) is 3.48. The summed E-state index contributed by atoms with van der Waals surface area (Å²) < 4.78 is 0. The highest BCUT2D eigenvalue weighted by Gasteiger charge is 2.40. The molecule has 140 valence electrons. The van der Waals surface area contributed by atoms with Crippen molar-refractivity contribution >= 4 is 29.2 Å². The van der Waals surface area contributed by atoms with Crippen LogP contribution in [0.2, 0.25) is 5.02 Å². The van der Waals surface area contributed by atoms with E-state index in [1.807, 2.05) is 21.9 Å². The van der Waals surface area contributed by atoms with Gasteiger partial charge in [-0.05, 0) is 25.0 Å². The molecular weight excluding hydrogens is 352 g/mol. The highest BCUT2D eigenvalue weighted by molar-refractivity contribution is 6.30. The van der Waals surface area contributed by atoms with E-state index in [1.54, 1.807) is 6.20 Å². The van der Waals surface area contributed by atoms with E-state index in [2.05, 4.69) is 9.88 Å². The second-order valence-electron chi connectivity index (χ2n) is 7.53. The average molecular weight is 377 g/mol. The van der Waals surface area contributed by atoms with Crippen LogP contribution >= 0.6 is 11.6 Å². The van der Waals surface area contributed by atoms with Crippen LogP contribution in [0.1, 0.15) is 32.1 Å². The number of amides is 2. The topological polar surface area (TPSA) is 56.8 Å². The van der Waals surface area contributed by atoms with Gasteiger partial charge in [-0.2, -0.15) is 0 Å². The van der Waals surface area contributed by atoms with Crippen molar-refractivity contribution in [3.63, 3.8) is 0 Å². The van der Waals surface area contributed by atoms with Gasteiger partial charge in [-0.25, -0.2) is 4.98 Å². The summed E-state index contributed by atoms with van der Waals surface area (Å²) in [7, 11) is 0. The van der Waals surface area contributed by atoms with E-state index in [0.717, 1.165) is 31.7 Å². The third-order valence-electron chi connectivity index (χ3n) is 5.90. The number of hydrogen-bond acceptors (Lipinski definition) is 4. The number of anilines is 1. The summed E-state index contributed by atoms with van der Waals surface area (Å²) in [6.07, 6.45) is 6.63. The van der Waals surface area contributed by atoms with Crippen LogP contribution in [-0.2, 0) is 9.59 Å². The predicted octanol–water partition coefficient (Wildman–Crippen LogP) is 2.17. The second kappa shape index (κ2) is 7.43. The number of pyridine rings is 1. The fraction of sp³-hybridized carbons (Fsp3) is 0.632. The van der Waals surface area contributed by atoms with E-state index >= 15 is 0 Å². The van der Waals surface area contributed by atoms with Crippen molar-refractivity contribution in [2.75, 3.05) is 37.6 Å². The predicted molar refractivity (Wildman–Crippen MR) is 100 cm³/mol. The van der Waals surface area contributed by atoms with Crippen LogP contribution in [0.25, 0.3) is 0 Å². The van der Waals surface area contributed by atoms with Crippen molar-refractivity contribution in [1.29, 1.82) is 0 Å². The van der Waals surface area contributed by atoms with E-state index in [9.17, 15) is 9.59 Å². The molecule has 7 heteroatoms. The van der Waals surface area contributed by atoms with Gasteiger partial charge in [-0.15, -0.1) is 0 Å². The number of piperazine rings is 1. The number of nitrogens with zero attached hydrogens (tertiary/aromatic N) is 4. The lowest BCUT2D eigenvalue weighted by Crippen LogP contribution is -2.51. The molecule has 3 heterocycles. The lowest BCUT2D eigenvalue weighted by molar-refractivity contribution is -0.136. The molecule has 2 saturated heterocycles. The van der Waals surface area contributed by atoms with Gasteiger partial charge >= 0.3 is 0 Å². The molecule has 0 spiro atoms. The van der Waals surface area contributed by atoms with Gasteiger partial charge in [0, 0.05) is 51.4 Å². The Balaban J connectivity index is 1.32. The van der Waals surface area contributed by atoms with E-state index in [1.165, 1.54) is 12.8 Å². The Morgan fingerprint density at radius 1 is 1.12 bits per heavy atom. The van der Waals surface area contributed by atoms with Gasteiger partial charge in [0.1, 0.15) is 5.82 Å². The SMILES string of the molecule is O=C([C@@H]1CC(=O)N(C2CCCC2)C1)N1CCN(c2ccc(Cl)cn2)CC1. The molecule has 3 fully saturated rings. The van der Waals surface area contributed by atoms with Gasteiger partial charge < -0.3 is 14.7 Å². The van der Waals surface area contributed by atoms with E-state index in [0.29, 0.717) is 37.1 Å². The fourth-order valence-corrected chi connectivity index (χ4v) is 4.55. The Morgan fingerprint density at radius 2 is 1.85 bits per heavy atom. The number of aromatic nitrogens is 1. The summed E-state index contributed by atoms with van der Waals surface area (Å²) in [5.41, 5.74) is 0. The summed E-state index contributed by atoms with van der Waals surface area (Å²) >= 11 is 5.89. The van der Waals surface area contributed by atoms with Crippen molar-refractivity contribution in [1.82, 2.24) is 14.8 Å². The van der Waals surface area contributed by atoms with Crippen LogP contribution in [0.4, 0.5) is 5.82 Å². The molecule has 4 rings (SSSR count). The first-order chi connectivity index (χ1) is 12.6. The van der Waals surface area contributed by atoms with Gasteiger partial charge in [0.05, 0.1) is 10.9 Å². The second-order valence-corrected chi connectivity index (χ2v) is 7.97. The normalized spacial score (nSPS) is 24.6. The summed E-state index contributed by atoms with van der Waals surface area (Å²) in [4.78, 5) is 35.7. The van der Waals surface area contributed by atoms with Gasteiger partial charge in [-0.1, -0.05) is 24.4 Å². The Labute approximate surface area is 159 Å². The highest BCUT2D eigenvalue weighted by Crippen LogP contribution is 2.30. The summed E-state index contributed by atoms with van der Waals surface area (Å²) in [6, 6.07) is 4.12. The van der Waals surface area contributed by atoms with Gasteiger partial charge in [0.25, 0.3) is 0 Å². The summed E-state index contributed by atoms with van der Waals surface area (Å²) in [5.74, 6) is 1.04. The lowest BCUT2D eigenvalue weighted by Gasteiger charge is -2.36. The third kappa shape index (κ3) is 3.52. The summed E-state index contributed by atoms with van der Waals surface area (Å²) in [5, 5.41) is 0.625. The standard InChI is InChI=1S/C19H25ClN4O2/c20-15-5-6-17(21-12-15)22-7-9-23(10-8-22)19(26)14-11-18(25)24(13-14)16-3-1-2-4-16/h5-6,12,14,16H,1-4,7-11,13H2/t14-/m1/s1. The molecule has 3 aliphatic rings. The van der Waals surface area contributed by atoms with E-state index in [4.69, 9.17) is 11.6 Å². The maximum atomic E-state index is 12.9. The van der Waals surface area contributed by atoms with Crippen LogP contribution in [-0.4, -0.2) is 65.4 Å². The minimum absolute atomic E-state index is 0.141. The molecule has 1 aromatic rings. The van der Waals surface area contributed by atoms with Crippen LogP contribution < -0.4 is 4.90 Å². The van der Waals surface area contributed by atoms with Gasteiger partial charge in [-0.3, -0.25) is 9.59 Å². The molecule has 1 atom stereocenters. The molecule has 26 heavy (non-hydrogen) atoms. The molecule has 0 aromatic carbocycles. The molecule has 0 N–H and O–H groups in total. The van der Waals surface area contributed by atoms with Crippen LogP contribution in [0.3, 0.4) is 0 Å². The zero-order valence-corrected chi connectivity index (χ0v) is 15.7. The first-order valence-corrected chi connectivity index (χ1v) is 9.94. The largest absolute Gasteiger partial charge is 0.353 e. The van der Waals surface area contributed by atoms with Crippen molar-refractivity contribution in [3.8, 4) is 0 Å². The first-order valence-electron chi connectivity index (χ1n) is 9.56. The highest BCUT2D eigenvalue weighted by atomic mass is 35.5. The van der Waals surface area contributed by atoms with Crippen LogP contribution in [0.15, 0.2) is 18.3 Å². The minimum atomic E-state index is -0.164. The van der Waals surface area contributed by atoms with Gasteiger partial charge in [0.2, 0.25) is 11.8 Å². The van der Waals surface area contributed by atoms with Crippen LogP contribution in [0, 0.1) is 5.92 Å². The van der Waals surface area contributed by atoms with E-state index < -0.39 is 0 Å². The number of carbonyl (C=O) groups excluding carboxylic acids is 2. The molecule has 0 radical (unpaired) electrons. The van der Waals surface area contributed by atoms with Gasteiger partial charge in [0.15, 0.2) is 0 Å². The van der Waals surface area contributed by atoms with Crippen molar-refractivity contribution in [3.05, 3.63) is 23.4 Å². The zero-order valence-electron chi connectivity index (χ0n) is 14.9. The fourth-order valence-electron chi connectivity index (χ4n) is 4.44. The zero-order chi connectivity index (χ0) is 18.1. The molecular formula is C19H25ClN4O2. The molecule has 0 unspecified atom stereocenters. The smallest absolute Gasteiger partial charge is 0.228 e. The van der Waals surface area contributed by atoms with E-state index in [-0.39, 0.29) is 17.7 Å². The number of hydrogen-bond donors (Lipinski definition) is 0. The quantitative estimate of drug-likeness (QED) is 0.811. The molecule has 2 aliphatic heterocycles. The molecule has 6 nitrogen and oxygen atoms in total. The number of halogens is 1. The molecule has 0 bridgehead atoms. The Bertz CT molecular complexity index is 667. The Kier molecular flexibility index (Phi) is 5.02. The maximum absolute atomic E-state index is 12.9.